The number of amides is 1. The summed E-state index contributed by atoms with van der Waals surface area (Å²) in [5, 5.41) is 0. The molecule has 0 radical (unpaired) electrons. The molecule has 1 aliphatic carbocycles. The summed E-state index contributed by atoms with van der Waals surface area (Å²) < 4.78 is 5.33. The smallest absolute Gasteiger partial charge is 0.348 e. The first kappa shape index (κ1) is 19.1. The van der Waals surface area contributed by atoms with Crippen molar-refractivity contribution in [1.29, 1.82) is 0 Å². The Labute approximate surface area is 158 Å². The lowest BCUT2D eigenvalue weighted by Crippen LogP contribution is -2.63. The standard InChI is InChI=1S/C20H27NO4S/c1-19(2)10-14(22)11-20(3,4)21(19)17(23)12-25-18(24)16-9-13-7-5-6-8-15(13)26-16/h9H,5-8,10-12H2,1-4H3. The fraction of sp³-hybridized carbons (Fsp3) is 0.650. The normalized spacial score (nSPS) is 21.2. The van der Waals surface area contributed by atoms with E-state index in [9.17, 15) is 14.4 Å². The third kappa shape index (κ3) is 3.70. The third-order valence-electron chi connectivity index (χ3n) is 5.24. The molecule has 0 N–H and O–H groups in total. The van der Waals surface area contributed by atoms with Gasteiger partial charge in [0.15, 0.2) is 6.61 Å². The Kier molecular flexibility index (Phi) is 4.99. The van der Waals surface area contributed by atoms with Crippen LogP contribution in [0.2, 0.25) is 0 Å². The van der Waals surface area contributed by atoms with Gasteiger partial charge in [-0.15, -0.1) is 11.3 Å². The molecule has 0 saturated carbocycles. The van der Waals surface area contributed by atoms with Crippen LogP contribution in [-0.4, -0.2) is 40.2 Å². The predicted molar refractivity (Wildman–Crippen MR) is 100 cm³/mol. The van der Waals surface area contributed by atoms with Gasteiger partial charge in [0.25, 0.3) is 5.91 Å². The number of ether oxygens (including phenoxy) is 1. The van der Waals surface area contributed by atoms with Crippen LogP contribution in [0.15, 0.2) is 6.07 Å². The summed E-state index contributed by atoms with van der Waals surface area (Å²) in [6, 6.07) is 1.92. The molecule has 0 aromatic carbocycles. The highest BCUT2D eigenvalue weighted by Gasteiger charge is 2.47. The van der Waals surface area contributed by atoms with Crippen LogP contribution in [0.1, 0.15) is 73.5 Å². The van der Waals surface area contributed by atoms with Gasteiger partial charge in [0.1, 0.15) is 10.7 Å². The summed E-state index contributed by atoms with van der Waals surface area (Å²) in [5.74, 6) is -0.520. The fourth-order valence-corrected chi connectivity index (χ4v) is 5.68. The Bertz CT molecular complexity index is 703. The van der Waals surface area contributed by atoms with Crippen LogP contribution in [0.25, 0.3) is 0 Å². The van der Waals surface area contributed by atoms with Crippen molar-refractivity contribution in [2.75, 3.05) is 6.61 Å². The number of thiophene rings is 1. The molecule has 1 saturated heterocycles. The lowest BCUT2D eigenvalue weighted by atomic mass is 9.79. The SMILES string of the molecule is CC1(C)CC(=O)CC(C)(C)N1C(=O)COC(=O)c1cc2c(s1)CCCC2. The molecule has 0 spiro atoms. The highest BCUT2D eigenvalue weighted by atomic mass is 32.1. The molecule has 1 aromatic rings. The highest BCUT2D eigenvalue weighted by Crippen LogP contribution is 2.36. The maximum Gasteiger partial charge on any atom is 0.348 e. The number of esters is 1. The van der Waals surface area contributed by atoms with Gasteiger partial charge in [0.05, 0.1) is 0 Å². The average Bonchev–Trinajstić information content (AvgIpc) is 2.93. The van der Waals surface area contributed by atoms with Crippen LogP contribution in [0.3, 0.4) is 0 Å². The van der Waals surface area contributed by atoms with E-state index >= 15 is 0 Å². The largest absolute Gasteiger partial charge is 0.451 e. The van der Waals surface area contributed by atoms with Gasteiger partial charge < -0.3 is 9.64 Å². The minimum atomic E-state index is -0.579. The van der Waals surface area contributed by atoms with E-state index in [0.717, 1.165) is 19.3 Å². The second-order valence-corrected chi connectivity index (χ2v) is 9.73. The molecule has 0 bridgehead atoms. The Morgan fingerprint density at radius 2 is 1.73 bits per heavy atom. The maximum absolute atomic E-state index is 12.8. The molecule has 6 heteroatoms. The van der Waals surface area contributed by atoms with Gasteiger partial charge in [0.2, 0.25) is 0 Å². The van der Waals surface area contributed by atoms with Crippen molar-refractivity contribution in [2.24, 2.45) is 0 Å². The molecule has 5 nitrogen and oxygen atoms in total. The van der Waals surface area contributed by atoms with E-state index in [-0.39, 0.29) is 18.3 Å². The first-order valence-electron chi connectivity index (χ1n) is 9.24. The monoisotopic (exact) mass is 377 g/mol. The van der Waals surface area contributed by atoms with Crippen molar-refractivity contribution in [3.05, 3.63) is 21.4 Å². The zero-order chi connectivity index (χ0) is 19.1. The number of rotatable bonds is 3. The molecule has 1 fully saturated rings. The molecule has 1 amide bonds. The summed E-state index contributed by atoms with van der Waals surface area (Å²) in [6.45, 7) is 7.26. The fourth-order valence-electron chi connectivity index (χ4n) is 4.53. The molecular formula is C20H27NO4S. The number of fused-ring (bicyclic) bond motifs is 1. The molecule has 2 aliphatic rings. The van der Waals surface area contributed by atoms with Crippen LogP contribution in [0.5, 0.6) is 0 Å². The summed E-state index contributed by atoms with van der Waals surface area (Å²) in [6.07, 6.45) is 5.02. The molecule has 2 heterocycles. The Hall–Kier alpha value is -1.69. The summed E-state index contributed by atoms with van der Waals surface area (Å²) in [7, 11) is 0. The second kappa shape index (κ2) is 6.80. The molecule has 0 atom stereocenters. The number of Topliss-reactive ketones (excluding diaryl/α,β-unsaturated/α-hetero) is 1. The van der Waals surface area contributed by atoms with Gasteiger partial charge in [-0.1, -0.05) is 0 Å². The minimum absolute atomic E-state index is 0.158. The lowest BCUT2D eigenvalue weighted by molar-refractivity contribution is -0.156. The van der Waals surface area contributed by atoms with Gasteiger partial charge in [-0.25, -0.2) is 4.79 Å². The van der Waals surface area contributed by atoms with Gasteiger partial charge in [-0.2, -0.15) is 0 Å². The van der Waals surface area contributed by atoms with Gasteiger partial charge in [0, 0.05) is 28.8 Å². The molecule has 1 aliphatic heterocycles. The Balaban J connectivity index is 1.67. The van der Waals surface area contributed by atoms with E-state index in [0.29, 0.717) is 17.7 Å². The molecular weight excluding hydrogens is 350 g/mol. The quantitative estimate of drug-likeness (QED) is 0.756. The van der Waals surface area contributed by atoms with Crippen molar-refractivity contribution >= 4 is 29.0 Å². The van der Waals surface area contributed by atoms with E-state index in [2.05, 4.69) is 0 Å². The van der Waals surface area contributed by atoms with Crippen LogP contribution in [0, 0.1) is 0 Å². The van der Waals surface area contributed by atoms with Crippen molar-refractivity contribution < 1.29 is 19.1 Å². The van der Waals surface area contributed by atoms with Gasteiger partial charge in [-0.3, -0.25) is 9.59 Å². The number of aryl methyl sites for hydroxylation is 2. The number of carbonyl (C=O) groups is 3. The summed E-state index contributed by atoms with van der Waals surface area (Å²) in [4.78, 5) is 40.7. The molecule has 26 heavy (non-hydrogen) atoms. The number of nitrogens with zero attached hydrogens (tertiary/aromatic N) is 1. The number of hydrogen-bond acceptors (Lipinski definition) is 5. The van der Waals surface area contributed by atoms with Crippen LogP contribution < -0.4 is 0 Å². The number of hydrogen-bond donors (Lipinski definition) is 0. The zero-order valence-electron chi connectivity index (χ0n) is 16.0. The van der Waals surface area contributed by atoms with Crippen LogP contribution in [0.4, 0.5) is 0 Å². The van der Waals surface area contributed by atoms with E-state index in [1.165, 1.54) is 28.2 Å². The summed E-state index contributed by atoms with van der Waals surface area (Å²) >= 11 is 1.49. The third-order valence-corrected chi connectivity index (χ3v) is 6.46. The zero-order valence-corrected chi connectivity index (χ0v) is 16.8. The number of carbonyl (C=O) groups excluding carboxylic acids is 3. The van der Waals surface area contributed by atoms with Crippen LogP contribution >= 0.6 is 11.3 Å². The van der Waals surface area contributed by atoms with Crippen molar-refractivity contribution in [2.45, 2.75) is 77.3 Å². The van der Waals surface area contributed by atoms with Gasteiger partial charge in [-0.05, 0) is 65.0 Å². The van der Waals surface area contributed by atoms with E-state index in [1.54, 1.807) is 4.90 Å². The number of likely N-dealkylation sites (tertiary alicyclic amines) is 1. The second-order valence-electron chi connectivity index (χ2n) is 8.59. The van der Waals surface area contributed by atoms with Crippen LogP contribution in [-0.2, 0) is 27.2 Å². The molecule has 142 valence electrons. The lowest BCUT2D eigenvalue weighted by Gasteiger charge is -2.51. The molecule has 1 aromatic heterocycles. The van der Waals surface area contributed by atoms with Crippen molar-refractivity contribution in [1.82, 2.24) is 4.90 Å². The van der Waals surface area contributed by atoms with E-state index in [1.807, 2.05) is 33.8 Å². The Morgan fingerprint density at radius 1 is 1.12 bits per heavy atom. The highest BCUT2D eigenvalue weighted by molar-refractivity contribution is 7.14. The van der Waals surface area contributed by atoms with Gasteiger partial charge >= 0.3 is 5.97 Å². The predicted octanol–water partition coefficient (Wildman–Crippen LogP) is 3.53. The first-order chi connectivity index (χ1) is 12.1. The summed E-state index contributed by atoms with van der Waals surface area (Å²) in [5.41, 5.74) is 0.0886. The maximum atomic E-state index is 12.8. The Morgan fingerprint density at radius 3 is 2.35 bits per heavy atom. The van der Waals surface area contributed by atoms with E-state index in [4.69, 9.17) is 4.74 Å². The first-order valence-corrected chi connectivity index (χ1v) is 10.1. The topological polar surface area (TPSA) is 63.7 Å². The van der Waals surface area contributed by atoms with Crippen molar-refractivity contribution in [3.8, 4) is 0 Å². The molecule has 3 rings (SSSR count). The van der Waals surface area contributed by atoms with E-state index < -0.39 is 17.0 Å². The number of piperidine rings is 1. The number of ketones is 1. The van der Waals surface area contributed by atoms with Crippen molar-refractivity contribution in [3.63, 3.8) is 0 Å². The minimum Gasteiger partial charge on any atom is -0.451 e. The molecule has 0 unspecified atom stereocenters. The average molecular weight is 378 g/mol.